The molecule has 18 heteroatoms. The summed E-state index contributed by atoms with van der Waals surface area (Å²) in [6, 6.07) is 21.3. The monoisotopic (exact) mass is 1020 g/mol. The SMILES string of the molecule is C[Si](C)(C)c1ccc(C(=O)OOC(=O)OC2CCC(C(C3CCC(OC(=O)OOC(=O)c4ccc([Si](C)(C)C)cc4)CC3)C3CCC(OC(=O)OOC(=O)c4ccc([Si](C)(C)C)cc4)CC3)CC2)cc1. The van der Waals surface area contributed by atoms with Gasteiger partial charge in [0.25, 0.3) is 0 Å². The zero-order valence-electron chi connectivity index (χ0n) is 42.1. The summed E-state index contributed by atoms with van der Waals surface area (Å²) in [6.45, 7) is 19.9. The van der Waals surface area contributed by atoms with Crippen molar-refractivity contribution in [3.63, 3.8) is 0 Å². The molecule has 0 aromatic heterocycles. The van der Waals surface area contributed by atoms with Crippen molar-refractivity contribution in [3.05, 3.63) is 89.5 Å². The zero-order valence-corrected chi connectivity index (χ0v) is 45.1. The van der Waals surface area contributed by atoms with Gasteiger partial charge in [0.1, 0.15) is 18.3 Å². The molecule has 0 bridgehead atoms. The Balaban J connectivity index is 0.996. The molecule has 0 radical (unpaired) electrons. The summed E-state index contributed by atoms with van der Waals surface area (Å²) in [4.78, 5) is 105. The quantitative estimate of drug-likeness (QED) is 0.0548. The van der Waals surface area contributed by atoms with E-state index in [1.807, 2.05) is 36.4 Å². The molecule has 0 N–H and O–H groups in total. The van der Waals surface area contributed by atoms with Gasteiger partial charge in [-0.2, -0.15) is 14.4 Å². The molecule has 3 aliphatic carbocycles. The first-order valence-electron chi connectivity index (χ1n) is 24.6. The lowest BCUT2D eigenvalue weighted by atomic mass is 9.61. The average molecular weight is 1020 g/mol. The van der Waals surface area contributed by atoms with E-state index in [-0.39, 0.29) is 22.6 Å². The molecule has 0 amide bonds. The van der Waals surface area contributed by atoms with E-state index < -0.39 is 78.9 Å². The molecule has 0 saturated heterocycles. The highest BCUT2D eigenvalue weighted by atomic mass is 28.3. The van der Waals surface area contributed by atoms with E-state index in [9.17, 15) is 28.8 Å². The van der Waals surface area contributed by atoms with Crippen molar-refractivity contribution >= 4 is 76.2 Å². The Morgan fingerprint density at radius 1 is 0.343 bits per heavy atom. The molecule has 3 aromatic carbocycles. The fourth-order valence-electron chi connectivity index (χ4n) is 10.1. The van der Waals surface area contributed by atoms with Crippen molar-refractivity contribution < 1.29 is 72.3 Å². The standard InChI is InChI=1S/C52H70O15Si3/c1-68(2,3)43-28-16-37(17-29-43)47(53)62-65-50(56)59-40-22-10-34(11-23-40)46(35-12-24-41(25-13-35)60-51(57)66-63-48(54)38-18-30-44(31-19-38)69(4,5)6)36-14-26-42(27-15-36)61-52(58)67-64-49(55)39-20-32-45(33-21-39)70(7,8)9/h16-21,28-36,40-42,46H,10-15,22-27H2,1-9H3. The van der Waals surface area contributed by atoms with Gasteiger partial charge >= 0.3 is 36.4 Å². The lowest BCUT2D eigenvalue weighted by Crippen LogP contribution is -2.40. The molecule has 70 heavy (non-hydrogen) atoms. The lowest BCUT2D eigenvalue weighted by Gasteiger charge is -2.45. The van der Waals surface area contributed by atoms with Crippen LogP contribution in [0.1, 0.15) is 108 Å². The van der Waals surface area contributed by atoms with Gasteiger partial charge in [-0.1, -0.05) is 111 Å². The predicted molar refractivity (Wildman–Crippen MR) is 268 cm³/mol. The minimum Gasteiger partial charge on any atom is -0.428 e. The Hall–Kier alpha value is -5.47. The summed E-state index contributed by atoms with van der Waals surface area (Å²) in [5.74, 6) is -1.19. The molecule has 3 aromatic rings. The molecular weight excluding hydrogens is 949 g/mol. The minimum absolute atomic E-state index is 0.266. The highest BCUT2D eigenvalue weighted by molar-refractivity contribution is 6.89. The lowest BCUT2D eigenvalue weighted by molar-refractivity contribution is -0.209. The highest BCUT2D eigenvalue weighted by Gasteiger charge is 2.42. The molecule has 0 spiro atoms. The zero-order chi connectivity index (χ0) is 50.8. The van der Waals surface area contributed by atoms with Gasteiger partial charge in [0, 0.05) is 0 Å². The Morgan fingerprint density at radius 2 is 0.557 bits per heavy atom. The van der Waals surface area contributed by atoms with E-state index in [1.54, 1.807) is 36.4 Å². The van der Waals surface area contributed by atoms with Crippen LogP contribution in [0.4, 0.5) is 14.4 Å². The molecule has 3 fully saturated rings. The second-order valence-corrected chi connectivity index (χ2v) is 37.4. The molecule has 0 aliphatic heterocycles. The second kappa shape index (κ2) is 23.6. The third kappa shape index (κ3) is 15.5. The van der Waals surface area contributed by atoms with Crippen molar-refractivity contribution in [1.29, 1.82) is 0 Å². The van der Waals surface area contributed by atoms with Crippen LogP contribution in [0.2, 0.25) is 58.9 Å². The van der Waals surface area contributed by atoms with Gasteiger partial charge in [0.05, 0.1) is 40.9 Å². The number of rotatable bonds is 12. The third-order valence-electron chi connectivity index (χ3n) is 14.1. The predicted octanol–water partition coefficient (Wildman–Crippen LogP) is 10.7. The van der Waals surface area contributed by atoms with Gasteiger partial charge in [0.2, 0.25) is 0 Å². The number of hydrogen-bond acceptors (Lipinski definition) is 15. The summed E-state index contributed by atoms with van der Waals surface area (Å²) >= 11 is 0. The number of carbonyl (C=O) groups excluding carboxylic acids is 6. The van der Waals surface area contributed by atoms with E-state index in [0.29, 0.717) is 56.3 Å². The fraction of sp³-hybridized carbons (Fsp3) is 0.538. The topological polar surface area (TPSA) is 185 Å². The minimum atomic E-state index is -1.56. The smallest absolute Gasteiger partial charge is 0.428 e. The molecule has 380 valence electrons. The summed E-state index contributed by atoms with van der Waals surface area (Å²) in [6.07, 6.45) is 3.84. The molecule has 0 unspecified atom stereocenters. The van der Waals surface area contributed by atoms with Gasteiger partial charge in [-0.25, -0.2) is 43.7 Å². The maximum atomic E-state index is 12.7. The third-order valence-corrected chi connectivity index (χ3v) is 20.3. The first-order valence-corrected chi connectivity index (χ1v) is 35.1. The van der Waals surface area contributed by atoms with E-state index in [4.69, 9.17) is 43.5 Å². The van der Waals surface area contributed by atoms with E-state index >= 15 is 0 Å². The first kappa shape index (κ1) is 53.9. The summed E-state index contributed by atoms with van der Waals surface area (Å²) in [7, 11) is -4.68. The van der Waals surface area contributed by atoms with Crippen molar-refractivity contribution in [3.8, 4) is 0 Å². The van der Waals surface area contributed by atoms with Gasteiger partial charge < -0.3 is 14.2 Å². The highest BCUT2D eigenvalue weighted by Crippen LogP contribution is 2.48. The van der Waals surface area contributed by atoms with Crippen LogP contribution in [0.25, 0.3) is 0 Å². The molecule has 6 rings (SSSR count). The Labute approximate surface area is 414 Å². The molecule has 0 heterocycles. The molecular formula is C52H70O15Si3. The van der Waals surface area contributed by atoms with Crippen molar-refractivity contribution in [2.75, 3.05) is 0 Å². The molecule has 3 aliphatic rings. The molecule has 0 atom stereocenters. The fourth-order valence-corrected chi connectivity index (χ4v) is 13.6. The van der Waals surface area contributed by atoms with Crippen LogP contribution in [0, 0.1) is 23.7 Å². The largest absolute Gasteiger partial charge is 0.550 e. The average Bonchev–Trinajstić information content (AvgIpc) is 3.32. The summed E-state index contributed by atoms with van der Waals surface area (Å²) in [5.41, 5.74) is 0.799. The van der Waals surface area contributed by atoms with Gasteiger partial charge in [-0.3, -0.25) is 0 Å². The van der Waals surface area contributed by atoms with Crippen LogP contribution in [0.3, 0.4) is 0 Å². The maximum absolute atomic E-state index is 12.7. The van der Waals surface area contributed by atoms with Gasteiger partial charge in [-0.15, -0.1) is 0 Å². The van der Waals surface area contributed by atoms with Crippen LogP contribution >= 0.6 is 0 Å². The number of benzene rings is 3. The summed E-state index contributed by atoms with van der Waals surface area (Å²) in [5, 5.41) is 3.55. The number of carbonyl (C=O) groups is 6. The number of hydrogen-bond donors (Lipinski definition) is 0. The van der Waals surface area contributed by atoms with Gasteiger partial charge in [0.15, 0.2) is 0 Å². The van der Waals surface area contributed by atoms with Crippen LogP contribution in [-0.2, 0) is 43.5 Å². The number of ether oxygens (including phenoxy) is 3. The van der Waals surface area contributed by atoms with Crippen LogP contribution in [-0.4, -0.2) is 78.9 Å². The van der Waals surface area contributed by atoms with Crippen molar-refractivity contribution in [2.45, 2.75) is 154 Å². The Kier molecular flexibility index (Phi) is 18.2. The normalized spacial score (nSPS) is 22.2. The van der Waals surface area contributed by atoms with Crippen LogP contribution < -0.4 is 15.6 Å². The van der Waals surface area contributed by atoms with Crippen molar-refractivity contribution in [2.24, 2.45) is 23.7 Å². The van der Waals surface area contributed by atoms with Crippen molar-refractivity contribution in [1.82, 2.24) is 0 Å². The maximum Gasteiger partial charge on any atom is 0.550 e. The van der Waals surface area contributed by atoms with E-state index in [2.05, 4.69) is 58.9 Å². The van der Waals surface area contributed by atoms with Crippen LogP contribution in [0.5, 0.6) is 0 Å². The molecule has 15 nitrogen and oxygen atoms in total. The Bertz CT molecular complexity index is 2000. The second-order valence-electron chi connectivity index (χ2n) is 22.1. The first-order chi connectivity index (χ1) is 33.0. The van der Waals surface area contributed by atoms with E-state index in [0.717, 1.165) is 38.5 Å². The molecule has 3 saturated carbocycles. The van der Waals surface area contributed by atoms with Crippen LogP contribution in [0.15, 0.2) is 72.8 Å². The summed E-state index contributed by atoms with van der Waals surface area (Å²) < 4.78 is 16.8. The Morgan fingerprint density at radius 3 is 0.757 bits per heavy atom. The van der Waals surface area contributed by atoms with Gasteiger partial charge in [-0.05, 0) is 137 Å². The van der Waals surface area contributed by atoms with E-state index in [1.165, 1.54) is 15.6 Å².